The molecule has 0 fully saturated rings. The van der Waals surface area contributed by atoms with Crippen molar-refractivity contribution >= 4 is 45.5 Å². The van der Waals surface area contributed by atoms with Crippen LogP contribution in [0.3, 0.4) is 0 Å². The van der Waals surface area contributed by atoms with Crippen LogP contribution in [0.25, 0.3) is 10.9 Å². The van der Waals surface area contributed by atoms with Crippen LogP contribution in [0.2, 0.25) is 10.0 Å². The van der Waals surface area contributed by atoms with E-state index < -0.39 is 5.82 Å². The molecule has 4 nitrogen and oxygen atoms in total. The van der Waals surface area contributed by atoms with E-state index in [1.54, 1.807) is 30.5 Å². The fraction of sp³-hybridized carbons (Fsp3) is 0.118. The Labute approximate surface area is 148 Å². The van der Waals surface area contributed by atoms with Gasteiger partial charge in [0.05, 0.1) is 35.5 Å². The van der Waals surface area contributed by atoms with Gasteiger partial charge >= 0.3 is 0 Å². The number of hydrogen-bond donors (Lipinski definition) is 1. The van der Waals surface area contributed by atoms with E-state index in [0.717, 1.165) is 0 Å². The van der Waals surface area contributed by atoms with E-state index in [9.17, 15) is 4.39 Å². The predicted octanol–water partition coefficient (Wildman–Crippen LogP) is 5.44. The minimum Gasteiger partial charge on any atom is -0.495 e. The average Bonchev–Trinajstić information content (AvgIpc) is 2.56. The predicted molar refractivity (Wildman–Crippen MR) is 94.5 cm³/mol. The fourth-order valence-corrected chi connectivity index (χ4v) is 2.85. The first kappa shape index (κ1) is 16.6. The summed E-state index contributed by atoms with van der Waals surface area (Å²) in [5, 5.41) is 4.74. The van der Waals surface area contributed by atoms with Crippen molar-refractivity contribution in [1.29, 1.82) is 0 Å². The molecule has 0 aliphatic rings. The van der Waals surface area contributed by atoms with Gasteiger partial charge in [-0.25, -0.2) is 4.39 Å². The Morgan fingerprint density at radius 2 is 1.71 bits per heavy atom. The van der Waals surface area contributed by atoms with E-state index in [2.05, 4.69) is 10.3 Å². The Kier molecular flexibility index (Phi) is 4.64. The van der Waals surface area contributed by atoms with Crippen molar-refractivity contribution in [2.45, 2.75) is 0 Å². The van der Waals surface area contributed by atoms with Gasteiger partial charge in [0.1, 0.15) is 5.75 Å². The molecular formula is C17H13Cl2FN2O2. The maximum absolute atomic E-state index is 13.8. The third kappa shape index (κ3) is 3.05. The first-order chi connectivity index (χ1) is 11.5. The largest absolute Gasteiger partial charge is 0.495 e. The number of aromatic nitrogens is 1. The first-order valence-electron chi connectivity index (χ1n) is 6.95. The molecule has 0 spiro atoms. The summed E-state index contributed by atoms with van der Waals surface area (Å²) < 4.78 is 24.1. The highest BCUT2D eigenvalue weighted by Crippen LogP contribution is 2.37. The van der Waals surface area contributed by atoms with Crippen LogP contribution in [-0.4, -0.2) is 19.2 Å². The van der Waals surface area contributed by atoms with Crippen LogP contribution in [0.15, 0.2) is 36.5 Å². The highest BCUT2D eigenvalue weighted by Gasteiger charge is 2.12. The van der Waals surface area contributed by atoms with Gasteiger partial charge in [0, 0.05) is 29.4 Å². The first-order valence-corrected chi connectivity index (χ1v) is 7.71. The molecular weight excluding hydrogens is 354 g/mol. The molecule has 0 bridgehead atoms. The van der Waals surface area contributed by atoms with Crippen molar-refractivity contribution in [3.8, 4) is 11.5 Å². The number of rotatable bonds is 4. The number of hydrogen-bond acceptors (Lipinski definition) is 4. The lowest BCUT2D eigenvalue weighted by atomic mass is 10.1. The Bertz CT molecular complexity index is 919. The summed E-state index contributed by atoms with van der Waals surface area (Å²) in [5.74, 6) is 0.157. The number of halogens is 3. The number of nitrogens with one attached hydrogen (secondary N) is 1. The summed E-state index contributed by atoms with van der Waals surface area (Å²) in [5.41, 5.74) is 1.80. The zero-order chi connectivity index (χ0) is 17.3. The lowest BCUT2D eigenvalue weighted by Gasteiger charge is -2.14. The van der Waals surface area contributed by atoms with Gasteiger partial charge in [-0.15, -0.1) is 0 Å². The number of pyridine rings is 1. The average molecular weight is 367 g/mol. The molecule has 1 aromatic heterocycles. The van der Waals surface area contributed by atoms with E-state index in [1.807, 2.05) is 0 Å². The molecule has 0 radical (unpaired) electrons. The maximum atomic E-state index is 13.8. The van der Waals surface area contributed by atoms with Crippen molar-refractivity contribution in [1.82, 2.24) is 4.98 Å². The second-order valence-corrected chi connectivity index (χ2v) is 5.77. The second kappa shape index (κ2) is 6.71. The third-order valence-corrected chi connectivity index (χ3v) is 4.13. The molecule has 0 aliphatic carbocycles. The maximum Gasteiger partial charge on any atom is 0.167 e. The molecule has 7 heteroatoms. The summed E-state index contributed by atoms with van der Waals surface area (Å²) in [6, 6.07) is 7.95. The quantitative estimate of drug-likeness (QED) is 0.667. The van der Waals surface area contributed by atoms with Crippen molar-refractivity contribution in [3.63, 3.8) is 0 Å². The van der Waals surface area contributed by atoms with Crippen LogP contribution in [-0.2, 0) is 0 Å². The third-order valence-electron chi connectivity index (χ3n) is 3.53. The van der Waals surface area contributed by atoms with Crippen LogP contribution in [0.5, 0.6) is 11.5 Å². The smallest absolute Gasteiger partial charge is 0.167 e. The number of nitrogens with zero attached hydrogens (tertiary/aromatic N) is 1. The van der Waals surface area contributed by atoms with Crippen LogP contribution >= 0.6 is 23.2 Å². The number of anilines is 2. The van der Waals surface area contributed by atoms with Gasteiger partial charge in [0.25, 0.3) is 0 Å². The Morgan fingerprint density at radius 3 is 2.42 bits per heavy atom. The van der Waals surface area contributed by atoms with Crippen LogP contribution < -0.4 is 14.8 Å². The topological polar surface area (TPSA) is 43.4 Å². The van der Waals surface area contributed by atoms with E-state index in [1.165, 1.54) is 20.3 Å². The number of methoxy groups -OCH3 is 2. The van der Waals surface area contributed by atoms with E-state index in [-0.39, 0.29) is 5.75 Å². The summed E-state index contributed by atoms with van der Waals surface area (Å²) in [7, 11) is 2.93. The second-order valence-electron chi connectivity index (χ2n) is 4.95. The summed E-state index contributed by atoms with van der Waals surface area (Å²) >= 11 is 12.3. The summed E-state index contributed by atoms with van der Waals surface area (Å²) in [6.45, 7) is 0. The van der Waals surface area contributed by atoms with E-state index in [0.29, 0.717) is 38.1 Å². The monoisotopic (exact) mass is 366 g/mol. The van der Waals surface area contributed by atoms with E-state index >= 15 is 0 Å². The van der Waals surface area contributed by atoms with Gasteiger partial charge in [-0.1, -0.05) is 23.2 Å². The molecule has 0 atom stereocenters. The molecule has 1 heterocycles. The molecule has 3 aromatic rings. The molecule has 0 aliphatic heterocycles. The lowest BCUT2D eigenvalue weighted by molar-refractivity contribution is 0.387. The Hall–Kier alpha value is -2.24. The Balaban J connectivity index is 2.10. The van der Waals surface area contributed by atoms with Crippen LogP contribution in [0, 0.1) is 5.82 Å². The SMILES string of the molecule is COc1cc2c(Nc3cc(OC)c(Cl)cc3Cl)ccnc2cc1F. The molecule has 3 rings (SSSR count). The molecule has 0 unspecified atom stereocenters. The number of ether oxygens (including phenoxy) is 2. The van der Waals surface area contributed by atoms with Gasteiger partial charge in [0.2, 0.25) is 0 Å². The molecule has 2 aromatic carbocycles. The minimum absolute atomic E-state index is 0.137. The number of benzene rings is 2. The van der Waals surface area contributed by atoms with Gasteiger partial charge < -0.3 is 14.8 Å². The standard InChI is InChI=1S/C17H13Cl2FN2O2/c1-23-16-8-15(10(18)6-11(16)19)22-13-3-4-21-14-7-12(20)17(24-2)5-9(13)14/h3-8H,1-2H3,(H,21,22). The fourth-order valence-electron chi connectivity index (χ4n) is 2.34. The summed E-state index contributed by atoms with van der Waals surface area (Å²) in [6.07, 6.45) is 1.58. The highest BCUT2D eigenvalue weighted by atomic mass is 35.5. The van der Waals surface area contributed by atoms with Gasteiger partial charge in [-0.05, 0) is 18.2 Å². The zero-order valence-corrected chi connectivity index (χ0v) is 14.4. The van der Waals surface area contributed by atoms with Gasteiger partial charge in [-0.2, -0.15) is 0 Å². The molecule has 1 N–H and O–H groups in total. The Morgan fingerprint density at radius 1 is 0.958 bits per heavy atom. The normalized spacial score (nSPS) is 10.7. The number of fused-ring (bicyclic) bond motifs is 1. The molecule has 0 amide bonds. The lowest BCUT2D eigenvalue weighted by Crippen LogP contribution is -1.96. The van der Waals surface area contributed by atoms with Crippen molar-refractivity contribution in [3.05, 3.63) is 52.4 Å². The zero-order valence-electron chi connectivity index (χ0n) is 12.9. The molecule has 124 valence electrons. The highest BCUT2D eigenvalue weighted by molar-refractivity contribution is 6.37. The molecule has 0 saturated heterocycles. The van der Waals surface area contributed by atoms with Crippen molar-refractivity contribution in [2.24, 2.45) is 0 Å². The minimum atomic E-state index is -0.471. The van der Waals surface area contributed by atoms with Crippen molar-refractivity contribution < 1.29 is 13.9 Å². The summed E-state index contributed by atoms with van der Waals surface area (Å²) in [4.78, 5) is 4.18. The van der Waals surface area contributed by atoms with Gasteiger partial charge in [-0.3, -0.25) is 4.98 Å². The van der Waals surface area contributed by atoms with E-state index in [4.69, 9.17) is 32.7 Å². The van der Waals surface area contributed by atoms with Crippen LogP contribution in [0.1, 0.15) is 0 Å². The van der Waals surface area contributed by atoms with Crippen molar-refractivity contribution in [2.75, 3.05) is 19.5 Å². The van der Waals surface area contributed by atoms with Crippen LogP contribution in [0.4, 0.5) is 15.8 Å². The molecule has 0 saturated carbocycles. The molecule has 24 heavy (non-hydrogen) atoms. The van der Waals surface area contributed by atoms with Gasteiger partial charge in [0.15, 0.2) is 11.6 Å².